The van der Waals surface area contributed by atoms with Crippen molar-refractivity contribution >= 4 is 22.8 Å². The van der Waals surface area contributed by atoms with Crippen molar-refractivity contribution in [3.63, 3.8) is 0 Å². The quantitative estimate of drug-likeness (QED) is 0.580. The van der Waals surface area contributed by atoms with Crippen LogP contribution in [0.25, 0.3) is 11.0 Å². The predicted octanol–water partition coefficient (Wildman–Crippen LogP) is -1.12. The molecule has 0 bridgehead atoms. The summed E-state index contributed by atoms with van der Waals surface area (Å²) in [5.74, 6) is 0. The lowest BCUT2D eigenvalue weighted by molar-refractivity contribution is 0.801. The molecule has 0 spiro atoms. The summed E-state index contributed by atoms with van der Waals surface area (Å²) in [7, 11) is 0. The Hall–Kier alpha value is -1.76. The lowest BCUT2D eigenvalue weighted by Gasteiger charge is -1.93. The number of nitrogens with one attached hydrogen (secondary N) is 1. The average Bonchev–Trinajstić information content (AvgIpc) is 2.12. The molecule has 0 aliphatic rings. The Morgan fingerprint density at radius 1 is 1.46 bits per heavy atom. The molecule has 0 unspecified atom stereocenters. The maximum absolute atomic E-state index is 11.2. The molecule has 0 amide bonds. The zero-order valence-electron chi connectivity index (χ0n) is 6.06. The summed E-state index contributed by atoms with van der Waals surface area (Å²) in [6.45, 7) is 0. The van der Waals surface area contributed by atoms with Crippen molar-refractivity contribution in [1.82, 2.24) is 24.5 Å². The molecule has 7 nitrogen and oxygen atoms in total. The van der Waals surface area contributed by atoms with E-state index >= 15 is 0 Å². The van der Waals surface area contributed by atoms with E-state index in [0.29, 0.717) is 4.20 Å². The van der Waals surface area contributed by atoms with Crippen LogP contribution in [0.5, 0.6) is 0 Å². The van der Waals surface area contributed by atoms with Gasteiger partial charge in [-0.15, -0.1) is 9.30 Å². The number of hydrogen-bond donors (Lipinski definition) is 1. The van der Waals surface area contributed by atoms with Gasteiger partial charge >= 0.3 is 11.2 Å². The first-order valence-corrected chi connectivity index (χ1v) is 3.53. The number of fused-ring (bicyclic) bond motifs is 1. The number of nitrogens with zero attached hydrogens (tertiary/aromatic N) is 4. The standard InChI is InChI=1S/C5H2ClN5O2/c6-11-4(12)3-2(9-10-11)1-7-5(13)8-3/h1H,(H,7,8,13). The summed E-state index contributed by atoms with van der Waals surface area (Å²) < 4.78 is 0.512. The molecule has 8 heteroatoms. The van der Waals surface area contributed by atoms with Gasteiger partial charge in [0.05, 0.1) is 6.20 Å². The second kappa shape index (κ2) is 2.63. The predicted molar refractivity (Wildman–Crippen MR) is 43.5 cm³/mol. The van der Waals surface area contributed by atoms with Crippen LogP contribution in [-0.2, 0) is 0 Å². The molecule has 0 radical (unpaired) electrons. The Bertz CT molecular complexity index is 573. The van der Waals surface area contributed by atoms with Gasteiger partial charge in [0, 0.05) is 11.8 Å². The molecule has 0 fully saturated rings. The van der Waals surface area contributed by atoms with E-state index in [-0.39, 0.29) is 11.0 Å². The first kappa shape index (κ1) is 7.87. The van der Waals surface area contributed by atoms with Gasteiger partial charge in [-0.25, -0.2) is 4.79 Å². The first-order chi connectivity index (χ1) is 6.18. The van der Waals surface area contributed by atoms with E-state index in [1.807, 2.05) is 0 Å². The number of aromatic nitrogens is 5. The summed E-state index contributed by atoms with van der Waals surface area (Å²) in [4.78, 5) is 27.5. The van der Waals surface area contributed by atoms with Gasteiger partial charge in [-0.2, -0.15) is 4.98 Å². The third-order valence-electron chi connectivity index (χ3n) is 1.40. The van der Waals surface area contributed by atoms with Gasteiger partial charge in [0.2, 0.25) is 0 Å². The topological polar surface area (TPSA) is 93.5 Å². The highest BCUT2D eigenvalue weighted by molar-refractivity contribution is 6.14. The van der Waals surface area contributed by atoms with Crippen molar-refractivity contribution in [2.24, 2.45) is 0 Å². The smallest absolute Gasteiger partial charge is 0.299 e. The van der Waals surface area contributed by atoms with Crippen molar-refractivity contribution in [1.29, 1.82) is 0 Å². The maximum Gasteiger partial charge on any atom is 0.345 e. The highest BCUT2D eigenvalue weighted by atomic mass is 35.5. The Kier molecular flexibility index (Phi) is 1.59. The minimum absolute atomic E-state index is 0.00926. The van der Waals surface area contributed by atoms with Gasteiger partial charge in [-0.05, 0) is 5.21 Å². The number of aromatic amines is 1. The van der Waals surface area contributed by atoms with E-state index in [1.165, 1.54) is 0 Å². The van der Waals surface area contributed by atoms with Gasteiger partial charge < -0.3 is 0 Å². The summed E-state index contributed by atoms with van der Waals surface area (Å²) in [6, 6.07) is 0. The first-order valence-electron chi connectivity index (χ1n) is 3.19. The Balaban J connectivity index is 3.06. The molecule has 0 saturated heterocycles. The van der Waals surface area contributed by atoms with Crippen LogP contribution >= 0.6 is 11.8 Å². The van der Waals surface area contributed by atoms with Crippen molar-refractivity contribution in [2.75, 3.05) is 0 Å². The average molecular weight is 200 g/mol. The van der Waals surface area contributed by atoms with Crippen LogP contribution < -0.4 is 11.2 Å². The maximum atomic E-state index is 11.2. The summed E-state index contributed by atoms with van der Waals surface area (Å²) in [6.07, 6.45) is 1.15. The van der Waals surface area contributed by atoms with E-state index in [9.17, 15) is 9.59 Å². The highest BCUT2D eigenvalue weighted by Crippen LogP contribution is 1.94. The summed E-state index contributed by atoms with van der Waals surface area (Å²) >= 11 is 5.33. The van der Waals surface area contributed by atoms with Crippen LogP contribution in [-0.4, -0.2) is 24.5 Å². The second-order valence-electron chi connectivity index (χ2n) is 2.20. The normalized spacial score (nSPS) is 10.5. The zero-order chi connectivity index (χ0) is 9.42. The van der Waals surface area contributed by atoms with Gasteiger partial charge in [-0.3, -0.25) is 9.78 Å². The lowest BCUT2D eigenvalue weighted by atomic mass is 10.4. The molecule has 0 aliphatic carbocycles. The SMILES string of the molecule is O=c1ncc2nnn(Cl)c(=O)c2[nH]1. The molecule has 2 heterocycles. The molecule has 1 N–H and O–H groups in total. The molecule has 0 atom stereocenters. The molecular formula is C5H2ClN5O2. The van der Waals surface area contributed by atoms with Crippen LogP contribution in [0.4, 0.5) is 0 Å². The van der Waals surface area contributed by atoms with Crippen LogP contribution in [0, 0.1) is 0 Å². The third kappa shape index (κ3) is 1.18. The van der Waals surface area contributed by atoms with Gasteiger partial charge in [0.1, 0.15) is 11.0 Å². The van der Waals surface area contributed by atoms with Gasteiger partial charge in [0.25, 0.3) is 0 Å². The van der Waals surface area contributed by atoms with E-state index in [1.54, 1.807) is 0 Å². The summed E-state index contributed by atoms with van der Waals surface area (Å²) in [5, 5.41) is 6.83. The second-order valence-corrected chi connectivity index (χ2v) is 2.52. The molecule has 13 heavy (non-hydrogen) atoms. The van der Waals surface area contributed by atoms with Gasteiger partial charge in [0.15, 0.2) is 0 Å². The minimum atomic E-state index is -0.633. The fourth-order valence-corrected chi connectivity index (χ4v) is 0.965. The van der Waals surface area contributed by atoms with E-state index < -0.39 is 11.2 Å². The Morgan fingerprint density at radius 3 is 3.00 bits per heavy atom. The summed E-state index contributed by atoms with van der Waals surface area (Å²) in [5.41, 5.74) is -1.08. The number of halogens is 1. The Labute approximate surface area is 75.1 Å². The Morgan fingerprint density at radius 2 is 2.23 bits per heavy atom. The molecule has 66 valence electrons. The third-order valence-corrected chi connectivity index (χ3v) is 1.63. The van der Waals surface area contributed by atoms with Crippen molar-refractivity contribution in [3.8, 4) is 0 Å². The lowest BCUT2D eigenvalue weighted by Crippen LogP contribution is -2.22. The van der Waals surface area contributed by atoms with Gasteiger partial charge in [-0.1, -0.05) is 0 Å². The number of rotatable bonds is 0. The van der Waals surface area contributed by atoms with E-state index in [0.717, 1.165) is 6.20 Å². The molecule has 2 aromatic heterocycles. The fraction of sp³-hybridized carbons (Fsp3) is 0. The van der Waals surface area contributed by atoms with Crippen molar-refractivity contribution < 1.29 is 0 Å². The minimum Gasteiger partial charge on any atom is -0.299 e. The molecule has 0 saturated carbocycles. The van der Waals surface area contributed by atoms with Crippen LogP contribution in [0.3, 0.4) is 0 Å². The van der Waals surface area contributed by atoms with Crippen LogP contribution in [0.1, 0.15) is 0 Å². The fourth-order valence-electron chi connectivity index (χ4n) is 0.847. The number of hydrogen-bond acceptors (Lipinski definition) is 5. The molecule has 2 rings (SSSR count). The molecular weight excluding hydrogens is 198 g/mol. The largest absolute Gasteiger partial charge is 0.345 e. The molecule has 0 aromatic carbocycles. The highest BCUT2D eigenvalue weighted by Gasteiger charge is 2.04. The van der Waals surface area contributed by atoms with E-state index in [2.05, 4.69) is 20.3 Å². The molecule has 0 aliphatic heterocycles. The van der Waals surface area contributed by atoms with Crippen molar-refractivity contribution in [2.45, 2.75) is 0 Å². The zero-order valence-corrected chi connectivity index (χ0v) is 6.82. The molecule has 2 aromatic rings. The van der Waals surface area contributed by atoms with Crippen molar-refractivity contribution in [3.05, 3.63) is 27.0 Å². The van der Waals surface area contributed by atoms with Crippen LogP contribution in [0.2, 0.25) is 0 Å². The van der Waals surface area contributed by atoms with Crippen LogP contribution in [0.15, 0.2) is 15.8 Å². The van der Waals surface area contributed by atoms with E-state index in [4.69, 9.17) is 11.8 Å². The number of H-pyrrole nitrogens is 1. The monoisotopic (exact) mass is 199 g/mol.